The van der Waals surface area contributed by atoms with Gasteiger partial charge in [-0.05, 0) is 38.2 Å². The van der Waals surface area contributed by atoms with Crippen molar-refractivity contribution in [2.75, 3.05) is 25.1 Å². The molecule has 0 amide bonds. The lowest BCUT2D eigenvalue weighted by molar-refractivity contribution is 0.253. The fourth-order valence-electron chi connectivity index (χ4n) is 2.20. The van der Waals surface area contributed by atoms with Crippen molar-refractivity contribution < 1.29 is 8.42 Å². The van der Waals surface area contributed by atoms with E-state index >= 15 is 0 Å². The first-order valence-electron chi connectivity index (χ1n) is 6.49. The molecule has 0 aromatic heterocycles. The van der Waals surface area contributed by atoms with Crippen LogP contribution in [0, 0.1) is 0 Å². The van der Waals surface area contributed by atoms with E-state index in [0.29, 0.717) is 13.1 Å². The Hall–Kier alpha value is 0.180. The summed E-state index contributed by atoms with van der Waals surface area (Å²) in [5.74, 6) is 0.962. The van der Waals surface area contributed by atoms with Crippen LogP contribution in [0.1, 0.15) is 32.6 Å². The highest BCUT2D eigenvalue weighted by molar-refractivity contribution is 7.98. The zero-order chi connectivity index (χ0) is 13.6. The first-order chi connectivity index (χ1) is 8.51. The average Bonchev–Trinajstić information content (AvgIpc) is 2.35. The monoisotopic (exact) mass is 295 g/mol. The fourth-order valence-corrected chi connectivity index (χ4v) is 4.51. The maximum Gasteiger partial charge on any atom is 0.279 e. The normalized spacial score (nSPS) is 24.1. The van der Waals surface area contributed by atoms with E-state index < -0.39 is 10.2 Å². The Morgan fingerprint density at radius 3 is 2.83 bits per heavy atom. The first-order valence-corrected chi connectivity index (χ1v) is 9.32. The van der Waals surface area contributed by atoms with Crippen LogP contribution in [0.25, 0.3) is 0 Å². The summed E-state index contributed by atoms with van der Waals surface area (Å²) in [6.07, 6.45) is 5.74. The van der Waals surface area contributed by atoms with Crippen LogP contribution in [0.15, 0.2) is 0 Å². The molecule has 1 aliphatic rings. The molecule has 3 N–H and O–H groups in total. The van der Waals surface area contributed by atoms with Crippen molar-refractivity contribution in [1.29, 1.82) is 0 Å². The molecule has 2 atom stereocenters. The predicted octanol–water partition coefficient (Wildman–Crippen LogP) is 0.776. The number of piperidine rings is 1. The Morgan fingerprint density at radius 2 is 2.22 bits per heavy atom. The summed E-state index contributed by atoms with van der Waals surface area (Å²) in [6, 6.07) is -0.0631. The molecule has 0 bridgehead atoms. The first kappa shape index (κ1) is 16.2. The van der Waals surface area contributed by atoms with Crippen molar-refractivity contribution >= 4 is 22.0 Å². The number of rotatable bonds is 7. The van der Waals surface area contributed by atoms with E-state index in [9.17, 15) is 8.42 Å². The summed E-state index contributed by atoms with van der Waals surface area (Å²) in [7, 11) is -3.38. The molecule has 0 aliphatic carbocycles. The second-order valence-electron chi connectivity index (χ2n) is 4.80. The van der Waals surface area contributed by atoms with E-state index in [1.807, 2.05) is 13.2 Å². The summed E-state index contributed by atoms with van der Waals surface area (Å²) < 4.78 is 28.9. The van der Waals surface area contributed by atoms with Crippen molar-refractivity contribution in [3.8, 4) is 0 Å². The molecule has 1 rings (SSSR count). The molecule has 5 nitrogen and oxygen atoms in total. The lowest BCUT2D eigenvalue weighted by Crippen LogP contribution is -2.53. The van der Waals surface area contributed by atoms with Gasteiger partial charge in [0.05, 0.1) is 0 Å². The van der Waals surface area contributed by atoms with Crippen LogP contribution >= 0.6 is 11.8 Å². The molecule has 1 heterocycles. The van der Waals surface area contributed by atoms with Gasteiger partial charge in [0.25, 0.3) is 10.2 Å². The van der Waals surface area contributed by atoms with Crippen LogP contribution in [0.3, 0.4) is 0 Å². The molecule has 0 aromatic rings. The predicted molar refractivity (Wildman–Crippen MR) is 77.9 cm³/mol. The Labute approximate surface area is 115 Å². The molecule has 108 valence electrons. The molecular weight excluding hydrogens is 270 g/mol. The van der Waals surface area contributed by atoms with E-state index in [4.69, 9.17) is 5.73 Å². The molecule has 0 saturated carbocycles. The molecule has 1 fully saturated rings. The van der Waals surface area contributed by atoms with Crippen molar-refractivity contribution in [2.24, 2.45) is 5.73 Å². The number of nitrogens with zero attached hydrogens (tertiary/aromatic N) is 1. The Morgan fingerprint density at radius 1 is 1.50 bits per heavy atom. The highest BCUT2D eigenvalue weighted by Crippen LogP contribution is 2.19. The summed E-state index contributed by atoms with van der Waals surface area (Å²) >= 11 is 1.73. The van der Waals surface area contributed by atoms with Gasteiger partial charge in [-0.25, -0.2) is 0 Å². The standard InChI is InChI=1S/C11H25N3O2S2/c1-10(6-8-17-2)13-18(15,16)14-7-4-3-5-11(14)9-12/h10-11,13H,3-9,12H2,1-2H3. The number of nitrogens with two attached hydrogens (primary N) is 1. The van der Waals surface area contributed by atoms with E-state index in [1.165, 1.54) is 0 Å². The fraction of sp³-hybridized carbons (Fsp3) is 1.00. The van der Waals surface area contributed by atoms with Gasteiger partial charge in [0, 0.05) is 25.2 Å². The van der Waals surface area contributed by atoms with Crippen molar-refractivity contribution in [3.05, 3.63) is 0 Å². The van der Waals surface area contributed by atoms with Crippen molar-refractivity contribution in [3.63, 3.8) is 0 Å². The maximum absolute atomic E-state index is 12.3. The van der Waals surface area contributed by atoms with Gasteiger partial charge in [0.1, 0.15) is 0 Å². The largest absolute Gasteiger partial charge is 0.329 e. The third kappa shape index (κ3) is 4.70. The molecule has 2 unspecified atom stereocenters. The molecule has 0 radical (unpaired) electrons. The molecule has 0 spiro atoms. The quantitative estimate of drug-likeness (QED) is 0.727. The zero-order valence-electron chi connectivity index (χ0n) is 11.3. The Balaban J connectivity index is 2.60. The molecule has 1 saturated heterocycles. The highest BCUT2D eigenvalue weighted by Gasteiger charge is 2.31. The summed E-state index contributed by atoms with van der Waals surface area (Å²) in [6.45, 7) is 2.90. The Bertz CT molecular complexity index is 335. The summed E-state index contributed by atoms with van der Waals surface area (Å²) in [5, 5.41) is 0. The van der Waals surface area contributed by atoms with Crippen LogP contribution in [-0.4, -0.2) is 49.9 Å². The molecular formula is C11H25N3O2S2. The van der Waals surface area contributed by atoms with Gasteiger partial charge in [-0.15, -0.1) is 0 Å². The minimum absolute atomic E-state index is 0.0252. The van der Waals surface area contributed by atoms with Crippen LogP contribution in [0.4, 0.5) is 0 Å². The van der Waals surface area contributed by atoms with E-state index in [0.717, 1.165) is 31.4 Å². The van der Waals surface area contributed by atoms with E-state index in [2.05, 4.69) is 4.72 Å². The average molecular weight is 295 g/mol. The lowest BCUT2D eigenvalue weighted by atomic mass is 10.1. The summed E-state index contributed by atoms with van der Waals surface area (Å²) in [5.41, 5.74) is 5.66. The van der Waals surface area contributed by atoms with Gasteiger partial charge in [-0.2, -0.15) is 29.2 Å². The Kier molecular flexibility index (Phi) is 6.94. The smallest absolute Gasteiger partial charge is 0.279 e. The summed E-state index contributed by atoms with van der Waals surface area (Å²) in [4.78, 5) is 0. The minimum atomic E-state index is -3.38. The van der Waals surface area contributed by atoms with Crippen molar-refractivity contribution in [1.82, 2.24) is 9.03 Å². The van der Waals surface area contributed by atoms with Gasteiger partial charge >= 0.3 is 0 Å². The minimum Gasteiger partial charge on any atom is -0.329 e. The SMILES string of the molecule is CSCCC(C)NS(=O)(=O)N1CCCCC1CN. The maximum atomic E-state index is 12.3. The van der Waals surface area contributed by atoms with Crippen LogP contribution in [0.2, 0.25) is 0 Å². The lowest BCUT2D eigenvalue weighted by Gasteiger charge is -2.34. The molecule has 1 aliphatic heterocycles. The van der Waals surface area contributed by atoms with Gasteiger partial charge in [-0.3, -0.25) is 0 Å². The van der Waals surface area contributed by atoms with E-state index in [-0.39, 0.29) is 12.1 Å². The van der Waals surface area contributed by atoms with Gasteiger partial charge in [0.15, 0.2) is 0 Å². The van der Waals surface area contributed by atoms with Gasteiger partial charge in [-0.1, -0.05) is 6.42 Å². The van der Waals surface area contributed by atoms with Crippen LogP contribution in [0.5, 0.6) is 0 Å². The van der Waals surface area contributed by atoms with Gasteiger partial charge in [0.2, 0.25) is 0 Å². The second kappa shape index (κ2) is 7.69. The molecule has 0 aromatic carbocycles. The molecule has 7 heteroatoms. The van der Waals surface area contributed by atoms with E-state index in [1.54, 1.807) is 16.1 Å². The molecule has 18 heavy (non-hydrogen) atoms. The van der Waals surface area contributed by atoms with Gasteiger partial charge < -0.3 is 5.73 Å². The second-order valence-corrected chi connectivity index (χ2v) is 7.44. The number of thioether (sulfide) groups is 1. The number of nitrogens with one attached hydrogen (secondary N) is 1. The topological polar surface area (TPSA) is 75.4 Å². The van der Waals surface area contributed by atoms with Crippen LogP contribution < -0.4 is 10.5 Å². The third-order valence-corrected chi connectivity index (χ3v) is 5.70. The van der Waals surface area contributed by atoms with Crippen LogP contribution in [-0.2, 0) is 10.2 Å². The zero-order valence-corrected chi connectivity index (χ0v) is 12.9. The number of hydrogen-bond donors (Lipinski definition) is 2. The highest BCUT2D eigenvalue weighted by atomic mass is 32.2. The van der Waals surface area contributed by atoms with Crippen molar-refractivity contribution in [2.45, 2.75) is 44.7 Å². The third-order valence-electron chi connectivity index (χ3n) is 3.26. The number of hydrogen-bond acceptors (Lipinski definition) is 4.